The Balaban J connectivity index is 2.41. The molecule has 1 heterocycles. The zero-order valence-electron chi connectivity index (χ0n) is 12.9. The molecular formula is C15H24N2O3. The molecule has 1 N–H and O–H groups in total. The van der Waals surface area contributed by atoms with Crippen molar-refractivity contribution in [2.75, 3.05) is 13.6 Å². The van der Waals surface area contributed by atoms with Crippen molar-refractivity contribution in [3.63, 3.8) is 0 Å². The summed E-state index contributed by atoms with van der Waals surface area (Å²) in [6.07, 6.45) is 1.87. The maximum Gasteiger partial charge on any atom is 0.225 e. The van der Waals surface area contributed by atoms with Crippen molar-refractivity contribution in [1.29, 1.82) is 0 Å². The van der Waals surface area contributed by atoms with Gasteiger partial charge in [0.15, 0.2) is 0 Å². The van der Waals surface area contributed by atoms with E-state index in [1.165, 1.54) is 0 Å². The molecule has 112 valence electrons. The summed E-state index contributed by atoms with van der Waals surface area (Å²) in [5, 5.41) is 2.77. The molecule has 1 atom stereocenters. The van der Waals surface area contributed by atoms with Crippen LogP contribution in [0, 0.1) is 5.41 Å². The predicted octanol–water partition coefficient (Wildman–Crippen LogP) is 2.35. The van der Waals surface area contributed by atoms with E-state index >= 15 is 0 Å². The fraction of sp³-hybridized carbons (Fsp3) is 0.600. The van der Waals surface area contributed by atoms with Crippen LogP contribution >= 0.6 is 0 Å². The van der Waals surface area contributed by atoms with Gasteiger partial charge in [-0.1, -0.05) is 20.8 Å². The van der Waals surface area contributed by atoms with E-state index in [-0.39, 0.29) is 24.3 Å². The van der Waals surface area contributed by atoms with E-state index in [1.807, 2.05) is 33.8 Å². The first-order chi connectivity index (χ1) is 9.23. The van der Waals surface area contributed by atoms with Gasteiger partial charge in [0, 0.05) is 25.4 Å². The minimum absolute atomic E-state index is 0.0249. The van der Waals surface area contributed by atoms with Crippen LogP contribution in [0.15, 0.2) is 22.8 Å². The molecule has 0 fully saturated rings. The van der Waals surface area contributed by atoms with E-state index in [1.54, 1.807) is 24.3 Å². The monoisotopic (exact) mass is 280 g/mol. The third-order valence-electron chi connectivity index (χ3n) is 3.23. The van der Waals surface area contributed by atoms with Crippen LogP contribution in [0.4, 0.5) is 0 Å². The van der Waals surface area contributed by atoms with Gasteiger partial charge >= 0.3 is 0 Å². The Morgan fingerprint density at radius 1 is 1.40 bits per heavy atom. The largest absolute Gasteiger partial charge is 0.467 e. The number of hydrogen-bond donors (Lipinski definition) is 1. The second-order valence-electron chi connectivity index (χ2n) is 5.95. The van der Waals surface area contributed by atoms with Gasteiger partial charge in [0.25, 0.3) is 0 Å². The van der Waals surface area contributed by atoms with Crippen LogP contribution in [-0.4, -0.2) is 30.3 Å². The normalized spacial score (nSPS) is 12.8. The van der Waals surface area contributed by atoms with Crippen molar-refractivity contribution in [3.05, 3.63) is 24.2 Å². The van der Waals surface area contributed by atoms with E-state index in [0.29, 0.717) is 6.54 Å². The lowest BCUT2D eigenvalue weighted by molar-refractivity contribution is -0.132. The van der Waals surface area contributed by atoms with E-state index in [9.17, 15) is 9.59 Å². The topological polar surface area (TPSA) is 62.6 Å². The lowest BCUT2D eigenvalue weighted by atomic mass is 9.96. The number of furan rings is 1. The van der Waals surface area contributed by atoms with Gasteiger partial charge in [-0.2, -0.15) is 0 Å². The molecule has 1 unspecified atom stereocenters. The van der Waals surface area contributed by atoms with Crippen molar-refractivity contribution >= 4 is 11.8 Å². The first kappa shape index (κ1) is 16.3. The summed E-state index contributed by atoms with van der Waals surface area (Å²) in [5.41, 5.74) is -0.434. The number of nitrogens with one attached hydrogen (secondary N) is 1. The molecule has 0 bridgehead atoms. The van der Waals surface area contributed by atoms with Gasteiger partial charge in [-0.3, -0.25) is 9.59 Å². The van der Waals surface area contributed by atoms with Gasteiger partial charge in [0.2, 0.25) is 11.8 Å². The zero-order chi connectivity index (χ0) is 15.3. The molecule has 0 saturated heterocycles. The average Bonchev–Trinajstić information content (AvgIpc) is 2.89. The minimum Gasteiger partial charge on any atom is -0.467 e. The van der Waals surface area contributed by atoms with E-state index in [4.69, 9.17) is 4.42 Å². The lowest BCUT2D eigenvalue weighted by Gasteiger charge is -2.24. The second kappa shape index (κ2) is 6.59. The van der Waals surface area contributed by atoms with Crippen molar-refractivity contribution in [3.8, 4) is 0 Å². The number of amides is 2. The summed E-state index contributed by atoms with van der Waals surface area (Å²) in [6.45, 7) is 7.79. The highest BCUT2D eigenvalue weighted by Gasteiger charge is 2.22. The van der Waals surface area contributed by atoms with Gasteiger partial charge in [-0.25, -0.2) is 0 Å². The van der Waals surface area contributed by atoms with Crippen molar-refractivity contribution in [1.82, 2.24) is 10.2 Å². The summed E-state index contributed by atoms with van der Waals surface area (Å²) >= 11 is 0. The average molecular weight is 280 g/mol. The van der Waals surface area contributed by atoms with Gasteiger partial charge in [0.1, 0.15) is 5.76 Å². The van der Waals surface area contributed by atoms with E-state index < -0.39 is 5.41 Å². The molecule has 0 aromatic carbocycles. The molecule has 0 saturated carbocycles. The Labute approximate surface area is 120 Å². The minimum atomic E-state index is -0.434. The molecule has 1 aromatic rings. The van der Waals surface area contributed by atoms with Gasteiger partial charge in [-0.15, -0.1) is 0 Å². The van der Waals surface area contributed by atoms with Crippen molar-refractivity contribution in [2.45, 2.75) is 40.2 Å². The quantitative estimate of drug-likeness (QED) is 0.900. The van der Waals surface area contributed by atoms with Crippen LogP contribution < -0.4 is 5.32 Å². The number of nitrogens with zero attached hydrogens (tertiary/aromatic N) is 1. The summed E-state index contributed by atoms with van der Waals surface area (Å²) in [4.78, 5) is 25.4. The van der Waals surface area contributed by atoms with Crippen LogP contribution in [0.3, 0.4) is 0 Å². The molecule has 0 spiro atoms. The van der Waals surface area contributed by atoms with Crippen LogP contribution in [0.2, 0.25) is 0 Å². The summed E-state index contributed by atoms with van der Waals surface area (Å²) in [6, 6.07) is 3.53. The Hall–Kier alpha value is -1.78. The van der Waals surface area contributed by atoms with Crippen LogP contribution in [0.25, 0.3) is 0 Å². The van der Waals surface area contributed by atoms with E-state index in [0.717, 1.165) is 5.76 Å². The molecular weight excluding hydrogens is 256 g/mol. The second-order valence-corrected chi connectivity index (χ2v) is 5.95. The van der Waals surface area contributed by atoms with Crippen LogP contribution in [-0.2, 0) is 9.59 Å². The van der Waals surface area contributed by atoms with Crippen molar-refractivity contribution < 1.29 is 14.0 Å². The Morgan fingerprint density at radius 3 is 2.55 bits per heavy atom. The Morgan fingerprint density at radius 2 is 2.05 bits per heavy atom. The first-order valence-corrected chi connectivity index (χ1v) is 6.81. The summed E-state index contributed by atoms with van der Waals surface area (Å²) in [5.74, 6) is 0.676. The molecule has 1 aromatic heterocycles. The number of hydrogen-bond acceptors (Lipinski definition) is 3. The first-order valence-electron chi connectivity index (χ1n) is 6.81. The SMILES string of the molecule is CC(c1ccco1)N(C)C(=O)CCNC(=O)C(C)(C)C. The fourth-order valence-corrected chi connectivity index (χ4v) is 1.66. The Kier molecular flexibility index (Phi) is 5.36. The molecule has 0 aliphatic carbocycles. The number of carbonyl (C=O) groups excluding carboxylic acids is 2. The van der Waals surface area contributed by atoms with Gasteiger partial charge < -0.3 is 14.6 Å². The Bertz CT molecular complexity index is 446. The molecule has 0 aliphatic heterocycles. The highest BCUT2D eigenvalue weighted by atomic mass is 16.3. The third kappa shape index (κ3) is 4.40. The highest BCUT2D eigenvalue weighted by Crippen LogP contribution is 2.19. The predicted molar refractivity (Wildman–Crippen MR) is 77.0 cm³/mol. The molecule has 0 radical (unpaired) electrons. The zero-order valence-corrected chi connectivity index (χ0v) is 12.9. The molecule has 0 aliphatic rings. The summed E-state index contributed by atoms with van der Waals surface area (Å²) in [7, 11) is 1.74. The van der Waals surface area contributed by atoms with Crippen LogP contribution in [0.1, 0.15) is 45.9 Å². The maximum absolute atomic E-state index is 12.0. The smallest absolute Gasteiger partial charge is 0.225 e. The highest BCUT2D eigenvalue weighted by molar-refractivity contribution is 5.82. The third-order valence-corrected chi connectivity index (χ3v) is 3.23. The fourth-order valence-electron chi connectivity index (χ4n) is 1.66. The molecule has 1 rings (SSSR count). The standard InChI is InChI=1S/C15H24N2O3/c1-11(12-7-6-10-20-12)17(5)13(18)8-9-16-14(19)15(2,3)4/h6-7,10-11H,8-9H2,1-5H3,(H,16,19). The molecule has 20 heavy (non-hydrogen) atoms. The number of carbonyl (C=O) groups is 2. The molecule has 5 nitrogen and oxygen atoms in total. The molecule has 5 heteroatoms. The van der Waals surface area contributed by atoms with E-state index in [2.05, 4.69) is 5.32 Å². The lowest BCUT2D eigenvalue weighted by Crippen LogP contribution is -2.38. The number of rotatable bonds is 5. The van der Waals surface area contributed by atoms with Crippen molar-refractivity contribution in [2.24, 2.45) is 5.41 Å². The maximum atomic E-state index is 12.0. The van der Waals surface area contributed by atoms with Gasteiger partial charge in [0.05, 0.1) is 12.3 Å². The molecule has 2 amide bonds. The van der Waals surface area contributed by atoms with Crippen LogP contribution in [0.5, 0.6) is 0 Å². The summed E-state index contributed by atoms with van der Waals surface area (Å²) < 4.78 is 5.29. The van der Waals surface area contributed by atoms with Gasteiger partial charge in [-0.05, 0) is 19.1 Å².